The van der Waals surface area contributed by atoms with Crippen LogP contribution in [0.5, 0.6) is 0 Å². The van der Waals surface area contributed by atoms with Crippen molar-refractivity contribution in [2.75, 3.05) is 19.6 Å². The number of carbonyl (C=O) groups excluding carboxylic acids is 2. The molecule has 1 N–H and O–H groups in total. The molecular weight excluding hydrogens is 271 g/mol. The summed E-state index contributed by atoms with van der Waals surface area (Å²) in [4.78, 5) is 25.1. The molecule has 0 heterocycles. The molecule has 2 amide bonds. The summed E-state index contributed by atoms with van der Waals surface area (Å²) < 4.78 is 13.4. The second kappa shape index (κ2) is 8.54. The summed E-state index contributed by atoms with van der Waals surface area (Å²) in [6, 6.07) is 5.66. The highest BCUT2D eigenvalue weighted by atomic mass is 19.1. The van der Waals surface area contributed by atoms with Gasteiger partial charge in [0.1, 0.15) is 5.82 Å². The van der Waals surface area contributed by atoms with Gasteiger partial charge in [-0.2, -0.15) is 0 Å². The van der Waals surface area contributed by atoms with Gasteiger partial charge in [0.15, 0.2) is 0 Å². The molecule has 0 spiro atoms. The number of benzene rings is 1. The predicted molar refractivity (Wildman–Crippen MR) is 79.0 cm³/mol. The molecule has 0 atom stereocenters. The van der Waals surface area contributed by atoms with Crippen LogP contribution in [0.2, 0.25) is 0 Å². The van der Waals surface area contributed by atoms with E-state index in [0.29, 0.717) is 6.54 Å². The molecule has 0 radical (unpaired) electrons. The van der Waals surface area contributed by atoms with Gasteiger partial charge in [0.25, 0.3) is 5.91 Å². The zero-order valence-electron chi connectivity index (χ0n) is 11.6. The topological polar surface area (TPSA) is 49.4 Å². The minimum Gasteiger partial charge on any atom is -0.351 e. The van der Waals surface area contributed by atoms with Crippen molar-refractivity contribution in [3.8, 4) is 12.3 Å². The molecule has 110 valence electrons. The first kappa shape index (κ1) is 16.4. The molecule has 0 unspecified atom stereocenters. The zero-order valence-corrected chi connectivity index (χ0v) is 11.6. The van der Waals surface area contributed by atoms with Gasteiger partial charge in [-0.05, 0) is 12.1 Å². The number of amides is 2. The Balaban J connectivity index is 2.47. The number of rotatable bonds is 7. The third-order valence-corrected chi connectivity index (χ3v) is 2.73. The second-order valence-corrected chi connectivity index (χ2v) is 4.25. The molecule has 1 rings (SSSR count). The zero-order chi connectivity index (χ0) is 15.7. The quantitative estimate of drug-likeness (QED) is 0.612. The second-order valence-electron chi connectivity index (χ2n) is 4.25. The van der Waals surface area contributed by atoms with Gasteiger partial charge in [0.05, 0.1) is 12.1 Å². The first-order chi connectivity index (χ1) is 10.1. The summed E-state index contributed by atoms with van der Waals surface area (Å²) in [6.07, 6.45) is 6.85. The van der Waals surface area contributed by atoms with Gasteiger partial charge in [0.2, 0.25) is 5.91 Å². The van der Waals surface area contributed by atoms with E-state index in [4.69, 9.17) is 6.42 Å². The number of nitrogens with one attached hydrogen (secondary N) is 1. The maximum absolute atomic E-state index is 13.4. The standard InChI is InChI=1S/C16H17FN2O2/c1-3-11-19(12-4-2)15(20)9-10-18-16(21)13-7-5-6-8-14(13)17/h1,4-8H,2,9-12H2,(H,18,21). The summed E-state index contributed by atoms with van der Waals surface area (Å²) in [7, 11) is 0. The average Bonchev–Trinajstić information content (AvgIpc) is 2.47. The van der Waals surface area contributed by atoms with E-state index >= 15 is 0 Å². The van der Waals surface area contributed by atoms with Crippen LogP contribution in [0.15, 0.2) is 36.9 Å². The number of hydrogen-bond acceptors (Lipinski definition) is 2. The third-order valence-electron chi connectivity index (χ3n) is 2.73. The predicted octanol–water partition coefficient (Wildman–Crippen LogP) is 1.59. The fourth-order valence-electron chi connectivity index (χ4n) is 1.70. The van der Waals surface area contributed by atoms with Gasteiger partial charge < -0.3 is 10.2 Å². The molecule has 5 heteroatoms. The Morgan fingerprint density at radius 2 is 2.14 bits per heavy atom. The number of carbonyl (C=O) groups is 2. The highest BCUT2D eigenvalue weighted by Gasteiger charge is 2.13. The maximum Gasteiger partial charge on any atom is 0.254 e. The van der Waals surface area contributed by atoms with Crippen LogP contribution in [0, 0.1) is 18.2 Å². The van der Waals surface area contributed by atoms with Crippen molar-refractivity contribution in [2.24, 2.45) is 0 Å². The van der Waals surface area contributed by atoms with Crippen molar-refractivity contribution in [3.63, 3.8) is 0 Å². The summed E-state index contributed by atoms with van der Waals surface area (Å²) >= 11 is 0. The van der Waals surface area contributed by atoms with E-state index in [1.165, 1.54) is 23.1 Å². The Labute approximate surface area is 123 Å². The van der Waals surface area contributed by atoms with Crippen LogP contribution in [0.25, 0.3) is 0 Å². The van der Waals surface area contributed by atoms with E-state index in [0.717, 1.165) is 0 Å². The molecule has 0 aromatic heterocycles. The third kappa shape index (κ3) is 5.11. The Bertz CT molecular complexity index is 564. The first-order valence-electron chi connectivity index (χ1n) is 6.45. The first-order valence-corrected chi connectivity index (χ1v) is 6.45. The number of terminal acetylenes is 1. The van der Waals surface area contributed by atoms with E-state index in [1.807, 2.05) is 0 Å². The van der Waals surface area contributed by atoms with Crippen molar-refractivity contribution in [1.29, 1.82) is 0 Å². The molecule has 0 fully saturated rings. The van der Waals surface area contributed by atoms with Crippen LogP contribution >= 0.6 is 0 Å². The number of halogens is 1. The molecule has 0 aliphatic heterocycles. The van der Waals surface area contributed by atoms with E-state index in [2.05, 4.69) is 17.8 Å². The summed E-state index contributed by atoms with van der Waals surface area (Å²) in [5.41, 5.74) is -0.0449. The molecule has 4 nitrogen and oxygen atoms in total. The largest absolute Gasteiger partial charge is 0.351 e. The van der Waals surface area contributed by atoms with Crippen molar-refractivity contribution >= 4 is 11.8 Å². The summed E-state index contributed by atoms with van der Waals surface area (Å²) in [5.74, 6) is 1.05. The molecule has 0 bridgehead atoms. The van der Waals surface area contributed by atoms with Crippen LogP contribution in [0.3, 0.4) is 0 Å². The van der Waals surface area contributed by atoms with Crippen LogP contribution in [0.4, 0.5) is 4.39 Å². The lowest BCUT2D eigenvalue weighted by Gasteiger charge is -2.18. The van der Waals surface area contributed by atoms with Gasteiger partial charge >= 0.3 is 0 Å². The Kier molecular flexibility index (Phi) is 6.69. The van der Waals surface area contributed by atoms with Crippen LogP contribution < -0.4 is 5.32 Å². The lowest BCUT2D eigenvalue weighted by Crippen LogP contribution is -2.35. The highest BCUT2D eigenvalue weighted by molar-refractivity contribution is 5.94. The van der Waals surface area contributed by atoms with Crippen molar-refractivity contribution in [2.45, 2.75) is 6.42 Å². The fourth-order valence-corrected chi connectivity index (χ4v) is 1.70. The fraction of sp³-hybridized carbons (Fsp3) is 0.250. The van der Waals surface area contributed by atoms with E-state index in [1.54, 1.807) is 12.1 Å². The molecule has 1 aromatic carbocycles. The van der Waals surface area contributed by atoms with Crippen molar-refractivity contribution in [3.05, 3.63) is 48.3 Å². The Hall–Kier alpha value is -2.61. The van der Waals surface area contributed by atoms with Gasteiger partial charge in [-0.3, -0.25) is 9.59 Å². The highest BCUT2D eigenvalue weighted by Crippen LogP contribution is 2.05. The summed E-state index contributed by atoms with van der Waals surface area (Å²) in [6.45, 7) is 4.20. The average molecular weight is 288 g/mol. The van der Waals surface area contributed by atoms with Crippen molar-refractivity contribution in [1.82, 2.24) is 10.2 Å². The van der Waals surface area contributed by atoms with Gasteiger partial charge in [-0.25, -0.2) is 4.39 Å². The molecule has 0 saturated heterocycles. The molecule has 0 aliphatic carbocycles. The molecular formula is C16H17FN2O2. The Morgan fingerprint density at radius 1 is 1.43 bits per heavy atom. The van der Waals surface area contributed by atoms with Crippen LogP contribution in [-0.2, 0) is 4.79 Å². The molecule has 0 saturated carbocycles. The van der Waals surface area contributed by atoms with E-state index in [9.17, 15) is 14.0 Å². The van der Waals surface area contributed by atoms with Gasteiger partial charge in [-0.15, -0.1) is 13.0 Å². The normalized spacial score (nSPS) is 9.52. The number of nitrogens with zero attached hydrogens (tertiary/aromatic N) is 1. The van der Waals surface area contributed by atoms with Crippen LogP contribution in [0.1, 0.15) is 16.8 Å². The lowest BCUT2D eigenvalue weighted by atomic mass is 10.2. The Morgan fingerprint density at radius 3 is 2.76 bits per heavy atom. The lowest BCUT2D eigenvalue weighted by molar-refractivity contribution is -0.129. The number of hydrogen-bond donors (Lipinski definition) is 1. The minimum atomic E-state index is -0.595. The van der Waals surface area contributed by atoms with E-state index < -0.39 is 11.7 Å². The van der Waals surface area contributed by atoms with Crippen LogP contribution in [-0.4, -0.2) is 36.3 Å². The van der Waals surface area contributed by atoms with Crippen molar-refractivity contribution < 1.29 is 14.0 Å². The van der Waals surface area contributed by atoms with E-state index in [-0.39, 0.29) is 31.0 Å². The molecule has 0 aliphatic rings. The monoisotopic (exact) mass is 288 g/mol. The smallest absolute Gasteiger partial charge is 0.254 e. The SMILES string of the molecule is C#CCN(CC=C)C(=O)CCNC(=O)c1ccccc1F. The molecule has 21 heavy (non-hydrogen) atoms. The summed E-state index contributed by atoms with van der Waals surface area (Å²) in [5, 5.41) is 2.51. The maximum atomic E-state index is 13.4. The minimum absolute atomic E-state index is 0.0449. The van der Waals surface area contributed by atoms with Gasteiger partial charge in [-0.1, -0.05) is 24.1 Å². The van der Waals surface area contributed by atoms with Gasteiger partial charge in [0, 0.05) is 19.5 Å². The molecule has 1 aromatic rings.